The van der Waals surface area contributed by atoms with Crippen molar-refractivity contribution < 1.29 is 9.18 Å². The van der Waals surface area contributed by atoms with E-state index in [1.165, 1.54) is 29.1 Å². The van der Waals surface area contributed by atoms with Gasteiger partial charge in [0.2, 0.25) is 5.91 Å². The lowest BCUT2D eigenvalue weighted by molar-refractivity contribution is -0.118. The van der Waals surface area contributed by atoms with Gasteiger partial charge in [0, 0.05) is 0 Å². The van der Waals surface area contributed by atoms with Crippen LogP contribution in [0.1, 0.15) is 13.0 Å². The Kier molecular flexibility index (Phi) is 3.89. The summed E-state index contributed by atoms with van der Waals surface area (Å²) in [5.41, 5.74) is 0.327. The maximum Gasteiger partial charge on any atom is 0.261 e. The molecular weight excluding hydrogens is 297 g/mol. The number of halogens is 1. The molecule has 23 heavy (non-hydrogen) atoms. The van der Waals surface area contributed by atoms with Crippen LogP contribution in [0.2, 0.25) is 0 Å². The van der Waals surface area contributed by atoms with Crippen LogP contribution in [0, 0.1) is 5.82 Å². The maximum atomic E-state index is 13.6. The van der Waals surface area contributed by atoms with E-state index in [4.69, 9.17) is 0 Å². The van der Waals surface area contributed by atoms with Crippen molar-refractivity contribution in [3.63, 3.8) is 0 Å². The fourth-order valence-corrected chi connectivity index (χ4v) is 2.28. The molecule has 1 amide bonds. The quantitative estimate of drug-likeness (QED) is 0.809. The van der Waals surface area contributed by atoms with Crippen molar-refractivity contribution in [2.75, 3.05) is 5.32 Å². The first-order chi connectivity index (χ1) is 11.1. The minimum Gasteiger partial charge on any atom is -0.322 e. The Labute approximate surface area is 131 Å². The Hall–Kier alpha value is -3.02. The fourth-order valence-electron chi connectivity index (χ4n) is 2.28. The number of fused-ring (bicyclic) bond motifs is 1. The maximum absolute atomic E-state index is 13.6. The Morgan fingerprint density at radius 3 is 2.65 bits per heavy atom. The highest BCUT2D eigenvalue weighted by Crippen LogP contribution is 2.15. The molecule has 0 spiro atoms. The van der Waals surface area contributed by atoms with Crippen molar-refractivity contribution in [2.24, 2.45) is 0 Å². The standard InChI is InChI=1S/C17H14FN3O2/c1-11(16(22)20-15-9-5-3-7-13(15)18)21-10-19-14-8-4-2-6-12(14)17(21)23/h2-11H,1H3,(H,20,22)/t11-/m0/s1. The van der Waals surface area contributed by atoms with Gasteiger partial charge in [0.25, 0.3) is 5.56 Å². The number of nitrogens with zero attached hydrogens (tertiary/aromatic N) is 2. The molecule has 0 aliphatic carbocycles. The van der Waals surface area contributed by atoms with E-state index in [2.05, 4.69) is 10.3 Å². The van der Waals surface area contributed by atoms with Crippen molar-refractivity contribution in [1.29, 1.82) is 0 Å². The Morgan fingerprint density at radius 2 is 1.87 bits per heavy atom. The van der Waals surface area contributed by atoms with E-state index in [0.29, 0.717) is 10.9 Å². The summed E-state index contributed by atoms with van der Waals surface area (Å²) >= 11 is 0. The summed E-state index contributed by atoms with van der Waals surface area (Å²) in [5.74, 6) is -1.02. The van der Waals surface area contributed by atoms with Crippen LogP contribution in [-0.4, -0.2) is 15.5 Å². The normalized spacial score (nSPS) is 12.1. The lowest BCUT2D eigenvalue weighted by Gasteiger charge is -2.15. The molecule has 0 unspecified atom stereocenters. The van der Waals surface area contributed by atoms with Crippen LogP contribution in [0.5, 0.6) is 0 Å². The number of rotatable bonds is 3. The van der Waals surface area contributed by atoms with E-state index in [1.807, 2.05) is 0 Å². The van der Waals surface area contributed by atoms with Gasteiger partial charge >= 0.3 is 0 Å². The Balaban J connectivity index is 1.92. The molecule has 3 rings (SSSR count). The van der Waals surface area contributed by atoms with Gasteiger partial charge in [-0.1, -0.05) is 24.3 Å². The minimum atomic E-state index is -0.820. The van der Waals surface area contributed by atoms with Crippen LogP contribution in [0.4, 0.5) is 10.1 Å². The van der Waals surface area contributed by atoms with Gasteiger partial charge < -0.3 is 5.32 Å². The molecule has 0 aliphatic heterocycles. The topological polar surface area (TPSA) is 64.0 Å². The van der Waals surface area contributed by atoms with Gasteiger partial charge in [-0.15, -0.1) is 0 Å². The van der Waals surface area contributed by atoms with Crippen LogP contribution < -0.4 is 10.9 Å². The SMILES string of the molecule is C[C@@H](C(=O)Nc1ccccc1F)n1cnc2ccccc2c1=O. The van der Waals surface area contributed by atoms with Gasteiger partial charge in [0.1, 0.15) is 11.9 Å². The Bertz CT molecular complexity index is 936. The highest BCUT2D eigenvalue weighted by molar-refractivity contribution is 5.93. The second-order valence-corrected chi connectivity index (χ2v) is 5.12. The molecule has 0 saturated carbocycles. The zero-order valence-electron chi connectivity index (χ0n) is 12.4. The first-order valence-electron chi connectivity index (χ1n) is 7.09. The highest BCUT2D eigenvalue weighted by Gasteiger charge is 2.18. The number of carbonyl (C=O) groups is 1. The van der Waals surface area contributed by atoms with E-state index < -0.39 is 17.8 Å². The molecule has 5 nitrogen and oxygen atoms in total. The fraction of sp³-hybridized carbons (Fsp3) is 0.118. The monoisotopic (exact) mass is 311 g/mol. The molecule has 1 heterocycles. The minimum absolute atomic E-state index is 0.0751. The van der Waals surface area contributed by atoms with Crippen molar-refractivity contribution >= 4 is 22.5 Å². The van der Waals surface area contributed by atoms with E-state index in [9.17, 15) is 14.0 Å². The molecular formula is C17H14FN3O2. The molecule has 1 N–H and O–H groups in total. The van der Waals surface area contributed by atoms with Crippen molar-refractivity contribution in [1.82, 2.24) is 9.55 Å². The predicted molar refractivity (Wildman–Crippen MR) is 85.7 cm³/mol. The van der Waals surface area contributed by atoms with Crippen LogP contribution in [0.25, 0.3) is 10.9 Å². The van der Waals surface area contributed by atoms with Gasteiger partial charge in [-0.3, -0.25) is 14.2 Å². The lowest BCUT2D eigenvalue weighted by Crippen LogP contribution is -2.32. The third kappa shape index (κ3) is 2.83. The second kappa shape index (κ2) is 6.00. The number of hydrogen-bond donors (Lipinski definition) is 1. The summed E-state index contributed by atoms with van der Waals surface area (Å²) < 4.78 is 14.8. The van der Waals surface area contributed by atoms with E-state index in [1.54, 1.807) is 37.3 Å². The average Bonchev–Trinajstić information content (AvgIpc) is 2.57. The van der Waals surface area contributed by atoms with Crippen LogP contribution in [-0.2, 0) is 4.79 Å². The van der Waals surface area contributed by atoms with E-state index in [0.717, 1.165) is 0 Å². The van der Waals surface area contributed by atoms with Crippen LogP contribution in [0.15, 0.2) is 59.7 Å². The smallest absolute Gasteiger partial charge is 0.261 e. The summed E-state index contributed by atoms with van der Waals surface area (Å²) in [6.07, 6.45) is 1.33. The van der Waals surface area contributed by atoms with Crippen molar-refractivity contribution in [2.45, 2.75) is 13.0 Å². The predicted octanol–water partition coefficient (Wildman–Crippen LogP) is 2.74. The molecule has 1 aromatic heterocycles. The number of anilines is 1. The molecule has 0 saturated heterocycles. The van der Waals surface area contributed by atoms with Crippen LogP contribution in [0.3, 0.4) is 0 Å². The third-order valence-electron chi connectivity index (χ3n) is 3.62. The molecule has 6 heteroatoms. The number of nitrogens with one attached hydrogen (secondary N) is 1. The lowest BCUT2D eigenvalue weighted by atomic mass is 10.2. The summed E-state index contributed by atoms with van der Waals surface area (Å²) in [6.45, 7) is 1.56. The van der Waals surface area contributed by atoms with Crippen molar-refractivity contribution in [3.8, 4) is 0 Å². The largest absolute Gasteiger partial charge is 0.322 e. The average molecular weight is 311 g/mol. The first kappa shape index (κ1) is 14.9. The zero-order chi connectivity index (χ0) is 16.4. The molecule has 1 atom stereocenters. The van der Waals surface area contributed by atoms with E-state index in [-0.39, 0.29) is 11.2 Å². The molecule has 0 radical (unpaired) electrons. The van der Waals surface area contributed by atoms with Crippen molar-refractivity contribution in [3.05, 3.63) is 71.0 Å². The first-order valence-corrected chi connectivity index (χ1v) is 7.09. The van der Waals surface area contributed by atoms with Gasteiger partial charge in [-0.05, 0) is 31.2 Å². The molecule has 0 aliphatic rings. The number of para-hydroxylation sites is 2. The molecule has 116 valence electrons. The summed E-state index contributed by atoms with van der Waals surface area (Å²) in [4.78, 5) is 28.9. The van der Waals surface area contributed by atoms with Gasteiger partial charge in [-0.2, -0.15) is 0 Å². The second-order valence-electron chi connectivity index (χ2n) is 5.12. The summed E-state index contributed by atoms with van der Waals surface area (Å²) in [6, 6.07) is 11.9. The van der Waals surface area contributed by atoms with E-state index >= 15 is 0 Å². The number of aromatic nitrogens is 2. The zero-order valence-corrected chi connectivity index (χ0v) is 12.4. The Morgan fingerprint density at radius 1 is 1.17 bits per heavy atom. The van der Waals surface area contributed by atoms with Gasteiger partial charge in [-0.25, -0.2) is 9.37 Å². The number of benzene rings is 2. The molecule has 0 fully saturated rings. The summed E-state index contributed by atoms with van der Waals surface area (Å²) in [7, 11) is 0. The van der Waals surface area contributed by atoms with Crippen LogP contribution >= 0.6 is 0 Å². The third-order valence-corrected chi connectivity index (χ3v) is 3.62. The molecule has 0 bridgehead atoms. The highest BCUT2D eigenvalue weighted by atomic mass is 19.1. The summed E-state index contributed by atoms with van der Waals surface area (Å²) in [5, 5.41) is 2.91. The number of amides is 1. The van der Waals surface area contributed by atoms with Gasteiger partial charge in [0.05, 0.1) is 22.9 Å². The molecule has 2 aromatic carbocycles. The number of hydrogen-bond acceptors (Lipinski definition) is 3. The number of carbonyl (C=O) groups excluding carboxylic acids is 1. The van der Waals surface area contributed by atoms with Gasteiger partial charge in [0.15, 0.2) is 0 Å². The molecule has 3 aromatic rings.